The number of nitrogens with one attached hydrogen (secondary N) is 1. The molecule has 174 valence electrons. The van der Waals surface area contributed by atoms with Gasteiger partial charge in [0.05, 0.1) is 11.4 Å². The summed E-state index contributed by atoms with van der Waals surface area (Å²) in [6.45, 7) is 11.0. The lowest BCUT2D eigenvalue weighted by Crippen LogP contribution is -2.51. The lowest BCUT2D eigenvalue weighted by molar-refractivity contribution is -0.132. The molecule has 2 aliphatic rings. The minimum Gasteiger partial charge on any atom is -0.339 e. The summed E-state index contributed by atoms with van der Waals surface area (Å²) in [5.41, 5.74) is 1.10. The average molecular weight is 451 g/mol. The summed E-state index contributed by atoms with van der Waals surface area (Å²) in [4.78, 5) is 17.3. The molecule has 2 saturated heterocycles. The smallest absolute Gasteiger partial charge is 0.243 e. The molecule has 7 nitrogen and oxygen atoms in total. The number of carbonyl (C=O) groups excluding carboxylic acids is 1. The van der Waals surface area contributed by atoms with Crippen LogP contribution in [0.2, 0.25) is 0 Å². The van der Waals surface area contributed by atoms with Crippen LogP contribution >= 0.6 is 0 Å². The standard InChI is InChI=1S/C23H38N4O3S/c1-19(2)21-7-9-22(10-8-21)31(29,30)27(17-16-25-13-5-4-6-20(25)3)18-23(28)26-14-11-24-12-15-26/h7-10,19-20,24H,4-6,11-18H2,1-3H3/t20-/m1/s1. The second-order valence-electron chi connectivity index (χ2n) is 9.07. The Balaban J connectivity index is 1.77. The maximum absolute atomic E-state index is 13.5. The normalized spacial score (nSPS) is 21.1. The van der Waals surface area contributed by atoms with Crippen molar-refractivity contribution in [2.24, 2.45) is 0 Å². The van der Waals surface area contributed by atoms with E-state index in [1.165, 1.54) is 10.7 Å². The van der Waals surface area contributed by atoms with Gasteiger partial charge in [-0.25, -0.2) is 8.42 Å². The minimum atomic E-state index is -3.75. The number of benzene rings is 1. The molecule has 0 unspecified atom stereocenters. The van der Waals surface area contributed by atoms with Gasteiger partial charge < -0.3 is 10.2 Å². The van der Waals surface area contributed by atoms with Crippen molar-refractivity contribution in [3.8, 4) is 0 Å². The van der Waals surface area contributed by atoms with E-state index in [1.54, 1.807) is 17.0 Å². The molecule has 1 aromatic rings. The van der Waals surface area contributed by atoms with E-state index in [9.17, 15) is 13.2 Å². The highest BCUT2D eigenvalue weighted by molar-refractivity contribution is 7.89. The van der Waals surface area contributed by atoms with E-state index < -0.39 is 10.0 Å². The van der Waals surface area contributed by atoms with Crippen LogP contribution in [-0.2, 0) is 14.8 Å². The molecule has 0 saturated carbocycles. The molecular formula is C23H38N4O3S. The van der Waals surface area contributed by atoms with Crippen LogP contribution in [0, 0.1) is 0 Å². The molecule has 0 aromatic heterocycles. The molecule has 2 heterocycles. The van der Waals surface area contributed by atoms with E-state index in [1.807, 2.05) is 12.1 Å². The molecule has 3 rings (SSSR count). The Labute approximate surface area is 187 Å². The number of amides is 1. The van der Waals surface area contributed by atoms with Gasteiger partial charge >= 0.3 is 0 Å². The first-order valence-corrected chi connectivity index (χ1v) is 13.1. The summed E-state index contributed by atoms with van der Waals surface area (Å²) in [7, 11) is -3.75. The van der Waals surface area contributed by atoms with Gasteiger partial charge in [-0.2, -0.15) is 4.31 Å². The second-order valence-corrected chi connectivity index (χ2v) is 11.0. The first kappa shape index (κ1) is 24.2. The fourth-order valence-corrected chi connectivity index (χ4v) is 5.73. The van der Waals surface area contributed by atoms with Crippen LogP contribution in [0.15, 0.2) is 29.2 Å². The Hall–Kier alpha value is -1.48. The first-order chi connectivity index (χ1) is 14.8. The highest BCUT2D eigenvalue weighted by Gasteiger charge is 2.30. The van der Waals surface area contributed by atoms with Crippen molar-refractivity contribution < 1.29 is 13.2 Å². The fourth-order valence-electron chi connectivity index (χ4n) is 4.35. The molecule has 0 aliphatic carbocycles. The highest BCUT2D eigenvalue weighted by atomic mass is 32.2. The molecule has 1 amide bonds. The van der Waals surface area contributed by atoms with Crippen LogP contribution in [0.3, 0.4) is 0 Å². The molecule has 2 aliphatic heterocycles. The zero-order valence-corrected chi connectivity index (χ0v) is 20.0. The summed E-state index contributed by atoms with van der Waals surface area (Å²) in [6, 6.07) is 7.56. The Morgan fingerprint density at radius 3 is 2.42 bits per heavy atom. The van der Waals surface area contributed by atoms with Gasteiger partial charge in [0.1, 0.15) is 0 Å². The van der Waals surface area contributed by atoms with Crippen LogP contribution in [-0.4, -0.2) is 86.8 Å². The monoisotopic (exact) mass is 450 g/mol. The summed E-state index contributed by atoms with van der Waals surface area (Å²) in [5, 5.41) is 3.23. The van der Waals surface area contributed by atoms with Crippen molar-refractivity contribution in [1.29, 1.82) is 0 Å². The maximum atomic E-state index is 13.5. The Morgan fingerprint density at radius 2 is 1.81 bits per heavy atom. The molecule has 0 spiro atoms. The predicted molar refractivity (Wildman–Crippen MR) is 124 cm³/mol. The van der Waals surface area contributed by atoms with E-state index >= 15 is 0 Å². The van der Waals surface area contributed by atoms with Gasteiger partial charge in [-0.3, -0.25) is 9.69 Å². The van der Waals surface area contributed by atoms with Gasteiger partial charge in [-0.15, -0.1) is 0 Å². The third-order valence-electron chi connectivity index (χ3n) is 6.54. The maximum Gasteiger partial charge on any atom is 0.243 e. The first-order valence-electron chi connectivity index (χ1n) is 11.6. The van der Waals surface area contributed by atoms with Gasteiger partial charge in [-0.1, -0.05) is 32.4 Å². The van der Waals surface area contributed by atoms with E-state index in [-0.39, 0.29) is 17.3 Å². The van der Waals surface area contributed by atoms with E-state index in [4.69, 9.17) is 0 Å². The zero-order chi connectivity index (χ0) is 22.4. The molecule has 1 aromatic carbocycles. The number of carbonyl (C=O) groups is 1. The van der Waals surface area contributed by atoms with E-state index in [0.29, 0.717) is 38.1 Å². The molecule has 1 N–H and O–H groups in total. The lowest BCUT2D eigenvalue weighted by atomic mass is 10.0. The minimum absolute atomic E-state index is 0.101. The Morgan fingerprint density at radius 1 is 1.13 bits per heavy atom. The van der Waals surface area contributed by atoms with Crippen LogP contribution in [0.5, 0.6) is 0 Å². The van der Waals surface area contributed by atoms with Crippen LogP contribution in [0.4, 0.5) is 0 Å². The molecule has 8 heteroatoms. The summed E-state index contributed by atoms with van der Waals surface area (Å²) < 4.78 is 28.4. The van der Waals surface area contributed by atoms with E-state index in [0.717, 1.165) is 38.0 Å². The number of piperazine rings is 1. The molecule has 1 atom stereocenters. The summed E-state index contributed by atoms with van der Waals surface area (Å²) >= 11 is 0. The number of nitrogens with zero attached hydrogens (tertiary/aromatic N) is 3. The Kier molecular flexibility index (Phi) is 8.50. The van der Waals surface area contributed by atoms with Crippen molar-refractivity contribution in [3.63, 3.8) is 0 Å². The van der Waals surface area contributed by atoms with Gasteiger partial charge in [0.25, 0.3) is 0 Å². The number of likely N-dealkylation sites (tertiary alicyclic amines) is 1. The number of piperidine rings is 1. The van der Waals surface area contributed by atoms with Crippen molar-refractivity contribution >= 4 is 15.9 Å². The van der Waals surface area contributed by atoms with Gasteiger partial charge in [0.15, 0.2) is 0 Å². The molecule has 31 heavy (non-hydrogen) atoms. The molecule has 0 radical (unpaired) electrons. The Bertz CT molecular complexity index is 820. The van der Waals surface area contributed by atoms with Crippen LogP contribution < -0.4 is 5.32 Å². The van der Waals surface area contributed by atoms with Crippen LogP contribution in [0.1, 0.15) is 51.5 Å². The molecule has 0 bridgehead atoms. The average Bonchev–Trinajstić information content (AvgIpc) is 2.78. The van der Waals surface area contributed by atoms with Crippen molar-refractivity contribution in [1.82, 2.24) is 19.4 Å². The second kappa shape index (κ2) is 10.9. The number of hydrogen-bond acceptors (Lipinski definition) is 5. The topological polar surface area (TPSA) is 73.0 Å². The van der Waals surface area contributed by atoms with Gasteiger partial charge in [0, 0.05) is 45.3 Å². The number of rotatable bonds is 8. The van der Waals surface area contributed by atoms with Crippen molar-refractivity contribution in [2.45, 2.75) is 56.9 Å². The van der Waals surface area contributed by atoms with E-state index in [2.05, 4.69) is 31.0 Å². The molecule has 2 fully saturated rings. The lowest BCUT2D eigenvalue weighted by Gasteiger charge is -2.35. The number of hydrogen-bond donors (Lipinski definition) is 1. The largest absolute Gasteiger partial charge is 0.339 e. The fraction of sp³-hybridized carbons (Fsp3) is 0.696. The summed E-state index contributed by atoms with van der Waals surface area (Å²) in [5.74, 6) is 0.221. The molecular weight excluding hydrogens is 412 g/mol. The van der Waals surface area contributed by atoms with Crippen molar-refractivity contribution in [3.05, 3.63) is 29.8 Å². The van der Waals surface area contributed by atoms with Gasteiger partial charge in [0.2, 0.25) is 15.9 Å². The van der Waals surface area contributed by atoms with Gasteiger partial charge in [-0.05, 0) is 49.9 Å². The predicted octanol–water partition coefficient (Wildman–Crippen LogP) is 2.11. The van der Waals surface area contributed by atoms with Crippen LogP contribution in [0.25, 0.3) is 0 Å². The highest BCUT2D eigenvalue weighted by Crippen LogP contribution is 2.22. The zero-order valence-electron chi connectivity index (χ0n) is 19.2. The van der Waals surface area contributed by atoms with Crippen molar-refractivity contribution in [2.75, 3.05) is 52.4 Å². The SMILES string of the molecule is CC(C)c1ccc(S(=O)(=O)N(CCN2CCCC[C@H]2C)CC(=O)N2CCNCC2)cc1. The quantitative estimate of drug-likeness (QED) is 0.657. The third-order valence-corrected chi connectivity index (χ3v) is 8.40. The number of sulfonamides is 1. The third kappa shape index (κ3) is 6.28. The summed E-state index contributed by atoms with van der Waals surface area (Å²) in [6.07, 6.45) is 3.51.